The summed E-state index contributed by atoms with van der Waals surface area (Å²) in [5, 5.41) is 8.05. The van der Waals surface area contributed by atoms with Crippen LogP contribution >= 0.6 is 0 Å². The largest absolute Gasteiger partial charge is 0.383 e. The molecule has 0 aromatic carbocycles. The number of hydrogen-bond donors (Lipinski definition) is 1. The second-order valence-corrected chi connectivity index (χ2v) is 5.62. The molecule has 9 nitrogen and oxygen atoms in total. The molecule has 0 bridgehead atoms. The second kappa shape index (κ2) is 4.89. The number of anilines is 1. The molecule has 116 valence electrons. The van der Waals surface area contributed by atoms with E-state index in [9.17, 15) is 4.79 Å². The van der Waals surface area contributed by atoms with Crippen LogP contribution in [0.1, 0.15) is 29.9 Å². The van der Waals surface area contributed by atoms with E-state index in [2.05, 4.69) is 15.3 Å². The Morgan fingerprint density at radius 1 is 1.45 bits per heavy atom. The van der Waals surface area contributed by atoms with Gasteiger partial charge in [-0.05, 0) is 6.92 Å². The van der Waals surface area contributed by atoms with E-state index in [4.69, 9.17) is 15.2 Å². The molecule has 0 saturated carbocycles. The van der Waals surface area contributed by atoms with Gasteiger partial charge in [-0.1, -0.05) is 5.21 Å². The fraction of sp³-hybridized carbons (Fsp3) is 0.538. The Labute approximate surface area is 125 Å². The summed E-state index contributed by atoms with van der Waals surface area (Å²) in [5.74, 6) is 0.246. The molecule has 0 spiro atoms. The van der Waals surface area contributed by atoms with Gasteiger partial charge in [0.2, 0.25) is 0 Å². The van der Waals surface area contributed by atoms with Gasteiger partial charge in [0.1, 0.15) is 18.1 Å². The highest BCUT2D eigenvalue weighted by Crippen LogP contribution is 2.38. The highest BCUT2D eigenvalue weighted by molar-refractivity contribution is 5.35. The first kappa shape index (κ1) is 13.4. The third-order valence-corrected chi connectivity index (χ3v) is 4.18. The summed E-state index contributed by atoms with van der Waals surface area (Å²) < 4.78 is 14.9. The standard InChI is InChI=1S/C13H16N6O3/c1-7-4-18(13(20)16-12(7)14)11-2-9-10(22-11)6-21-5-8-3-15-17-19(8)9/h3-4,9-11H,2,5-6H2,1H3,(H2,14,16,20)/t9-,10-,11-/m1/s1. The molecule has 3 atom stereocenters. The molecule has 22 heavy (non-hydrogen) atoms. The first-order valence-electron chi connectivity index (χ1n) is 7.11. The van der Waals surface area contributed by atoms with Crippen LogP contribution in [0, 0.1) is 6.92 Å². The van der Waals surface area contributed by atoms with Crippen LogP contribution < -0.4 is 11.4 Å². The molecule has 2 N–H and O–H groups in total. The lowest BCUT2D eigenvalue weighted by Crippen LogP contribution is -2.28. The molecule has 2 aromatic heterocycles. The number of nitrogen functional groups attached to an aromatic ring is 1. The van der Waals surface area contributed by atoms with Crippen LogP contribution in [0.25, 0.3) is 0 Å². The topological polar surface area (TPSA) is 110 Å². The molecule has 0 amide bonds. The van der Waals surface area contributed by atoms with Crippen LogP contribution in [-0.2, 0) is 16.1 Å². The number of rotatable bonds is 1. The second-order valence-electron chi connectivity index (χ2n) is 5.62. The van der Waals surface area contributed by atoms with Gasteiger partial charge in [0.15, 0.2) is 0 Å². The van der Waals surface area contributed by atoms with Gasteiger partial charge in [-0.3, -0.25) is 4.57 Å². The molecule has 4 rings (SSSR count). The first-order valence-corrected chi connectivity index (χ1v) is 7.11. The Morgan fingerprint density at radius 2 is 2.32 bits per heavy atom. The average Bonchev–Trinajstić information content (AvgIpc) is 3.07. The summed E-state index contributed by atoms with van der Waals surface area (Å²) in [7, 11) is 0. The van der Waals surface area contributed by atoms with Crippen molar-refractivity contribution in [2.45, 2.75) is 38.3 Å². The molecule has 2 aliphatic heterocycles. The van der Waals surface area contributed by atoms with E-state index in [1.54, 1.807) is 12.4 Å². The van der Waals surface area contributed by atoms with Crippen molar-refractivity contribution < 1.29 is 9.47 Å². The van der Waals surface area contributed by atoms with E-state index in [-0.39, 0.29) is 18.0 Å². The van der Waals surface area contributed by atoms with Gasteiger partial charge in [-0.2, -0.15) is 4.98 Å². The maximum Gasteiger partial charge on any atom is 0.351 e. The van der Waals surface area contributed by atoms with Gasteiger partial charge >= 0.3 is 5.69 Å². The number of nitrogens with zero attached hydrogens (tertiary/aromatic N) is 5. The lowest BCUT2D eigenvalue weighted by Gasteiger charge is -2.16. The van der Waals surface area contributed by atoms with E-state index in [1.807, 2.05) is 11.6 Å². The Kier molecular flexibility index (Phi) is 2.98. The van der Waals surface area contributed by atoms with Crippen molar-refractivity contribution in [1.82, 2.24) is 24.5 Å². The highest BCUT2D eigenvalue weighted by atomic mass is 16.6. The summed E-state index contributed by atoms with van der Waals surface area (Å²) in [6, 6.07) is -0.00485. The van der Waals surface area contributed by atoms with Crippen molar-refractivity contribution in [3.8, 4) is 0 Å². The minimum absolute atomic E-state index is 0.00485. The molecule has 0 unspecified atom stereocenters. The molecular formula is C13H16N6O3. The van der Waals surface area contributed by atoms with Crippen LogP contribution in [0.2, 0.25) is 0 Å². The zero-order valence-corrected chi connectivity index (χ0v) is 12.0. The van der Waals surface area contributed by atoms with Crippen LogP contribution in [-0.4, -0.2) is 37.3 Å². The lowest BCUT2D eigenvalue weighted by atomic mass is 10.1. The molecule has 1 saturated heterocycles. The molecule has 1 fully saturated rings. The SMILES string of the molecule is Cc1cn([C@H]2C[C@@H]3[C@@H](COCc4cnnn43)O2)c(=O)nc1N. The number of ether oxygens (including phenoxy) is 2. The number of hydrogen-bond acceptors (Lipinski definition) is 7. The first-order chi connectivity index (χ1) is 10.6. The number of aromatic nitrogens is 5. The minimum atomic E-state index is -0.413. The van der Waals surface area contributed by atoms with Crippen molar-refractivity contribution in [2.75, 3.05) is 12.3 Å². The molecule has 2 aliphatic rings. The molecule has 0 radical (unpaired) electrons. The monoisotopic (exact) mass is 304 g/mol. The van der Waals surface area contributed by atoms with Crippen LogP contribution in [0.4, 0.5) is 5.82 Å². The van der Waals surface area contributed by atoms with E-state index < -0.39 is 11.9 Å². The zero-order valence-electron chi connectivity index (χ0n) is 12.0. The minimum Gasteiger partial charge on any atom is -0.383 e. The van der Waals surface area contributed by atoms with Crippen molar-refractivity contribution in [3.05, 3.63) is 34.1 Å². The van der Waals surface area contributed by atoms with Gasteiger partial charge < -0.3 is 15.2 Å². The zero-order chi connectivity index (χ0) is 15.3. The quantitative estimate of drug-likeness (QED) is 0.775. The summed E-state index contributed by atoms with van der Waals surface area (Å²) in [5.41, 5.74) is 6.91. The van der Waals surface area contributed by atoms with Crippen molar-refractivity contribution in [1.29, 1.82) is 0 Å². The maximum absolute atomic E-state index is 12.1. The van der Waals surface area contributed by atoms with Crippen LogP contribution in [0.15, 0.2) is 17.2 Å². The molecule has 9 heteroatoms. The molecule has 4 heterocycles. The van der Waals surface area contributed by atoms with E-state index >= 15 is 0 Å². The van der Waals surface area contributed by atoms with E-state index in [0.29, 0.717) is 19.6 Å². The molecular weight excluding hydrogens is 288 g/mol. The average molecular weight is 304 g/mol. The summed E-state index contributed by atoms with van der Waals surface area (Å²) in [4.78, 5) is 15.9. The third kappa shape index (κ3) is 2.01. The van der Waals surface area contributed by atoms with Gasteiger partial charge in [0, 0.05) is 18.2 Å². The lowest BCUT2D eigenvalue weighted by molar-refractivity contribution is -0.0478. The van der Waals surface area contributed by atoms with Crippen molar-refractivity contribution in [2.24, 2.45) is 0 Å². The highest BCUT2D eigenvalue weighted by Gasteiger charge is 2.41. The van der Waals surface area contributed by atoms with Crippen LogP contribution in [0.3, 0.4) is 0 Å². The van der Waals surface area contributed by atoms with Gasteiger partial charge in [0.05, 0.1) is 31.1 Å². The maximum atomic E-state index is 12.1. The fourth-order valence-corrected chi connectivity index (χ4v) is 3.01. The fourth-order valence-electron chi connectivity index (χ4n) is 3.01. The predicted molar refractivity (Wildman–Crippen MR) is 74.9 cm³/mol. The van der Waals surface area contributed by atoms with Crippen molar-refractivity contribution >= 4 is 5.82 Å². The Bertz CT molecular complexity index is 769. The number of nitrogens with two attached hydrogens (primary N) is 1. The van der Waals surface area contributed by atoms with Crippen LogP contribution in [0.5, 0.6) is 0 Å². The molecule has 2 aromatic rings. The normalized spacial score (nSPS) is 27.2. The van der Waals surface area contributed by atoms with Gasteiger partial charge in [-0.25, -0.2) is 9.48 Å². The summed E-state index contributed by atoms with van der Waals surface area (Å²) >= 11 is 0. The van der Waals surface area contributed by atoms with Gasteiger partial charge in [0.25, 0.3) is 0 Å². The summed E-state index contributed by atoms with van der Waals surface area (Å²) in [6.07, 6.45) is 3.40. The number of fused-ring (bicyclic) bond motifs is 3. The number of aryl methyl sites for hydroxylation is 1. The Balaban J connectivity index is 1.69. The Morgan fingerprint density at radius 3 is 3.18 bits per heavy atom. The molecule has 0 aliphatic carbocycles. The van der Waals surface area contributed by atoms with Gasteiger partial charge in [-0.15, -0.1) is 5.10 Å². The van der Waals surface area contributed by atoms with E-state index in [1.165, 1.54) is 4.57 Å². The van der Waals surface area contributed by atoms with Crippen molar-refractivity contribution in [3.63, 3.8) is 0 Å². The predicted octanol–water partition coefficient (Wildman–Crippen LogP) is -0.216. The Hall–Kier alpha value is -2.26. The summed E-state index contributed by atoms with van der Waals surface area (Å²) in [6.45, 7) is 2.74. The third-order valence-electron chi connectivity index (χ3n) is 4.18. The smallest absolute Gasteiger partial charge is 0.351 e. The van der Waals surface area contributed by atoms with E-state index in [0.717, 1.165) is 11.3 Å².